The fourth-order valence-corrected chi connectivity index (χ4v) is 3.22. The van der Waals surface area contributed by atoms with Gasteiger partial charge < -0.3 is 10.1 Å². The van der Waals surface area contributed by atoms with E-state index in [0.29, 0.717) is 11.8 Å². The highest BCUT2D eigenvalue weighted by molar-refractivity contribution is 5.84. The van der Waals surface area contributed by atoms with Crippen molar-refractivity contribution >= 4 is 11.9 Å². The summed E-state index contributed by atoms with van der Waals surface area (Å²) in [6, 6.07) is 0.0655. The minimum absolute atomic E-state index is 0.0655. The molecule has 0 heterocycles. The third-order valence-electron chi connectivity index (χ3n) is 5.02. The van der Waals surface area contributed by atoms with Crippen molar-refractivity contribution in [1.82, 2.24) is 5.32 Å². The maximum atomic E-state index is 12.1. The number of ketones is 1. The first-order chi connectivity index (χ1) is 9.35. The normalized spacial score (nSPS) is 32.5. The van der Waals surface area contributed by atoms with Crippen LogP contribution in [0.25, 0.3) is 0 Å². The van der Waals surface area contributed by atoms with Gasteiger partial charge in [-0.1, -0.05) is 26.0 Å². The van der Waals surface area contributed by atoms with E-state index in [1.54, 1.807) is 6.92 Å². The first-order valence-electron chi connectivity index (χ1n) is 7.48. The van der Waals surface area contributed by atoms with E-state index in [9.17, 15) is 9.59 Å². The van der Waals surface area contributed by atoms with E-state index in [1.165, 1.54) is 0 Å². The van der Waals surface area contributed by atoms with Crippen LogP contribution in [0.4, 0.5) is 4.79 Å². The Labute approximate surface area is 120 Å². The summed E-state index contributed by atoms with van der Waals surface area (Å²) in [5.74, 6) is 1.21. The minimum Gasteiger partial charge on any atom is -0.448 e. The molecular formula is C16H25NO3. The molecule has 1 saturated carbocycles. The number of hydrogen-bond acceptors (Lipinski definition) is 3. The smallest absolute Gasteiger partial charge is 0.407 e. The number of amides is 1. The molecule has 2 rings (SSSR count). The summed E-state index contributed by atoms with van der Waals surface area (Å²) in [4.78, 5) is 23.9. The molecule has 4 heteroatoms. The van der Waals surface area contributed by atoms with Crippen LogP contribution in [0.5, 0.6) is 0 Å². The second kappa shape index (κ2) is 5.58. The van der Waals surface area contributed by atoms with Crippen LogP contribution in [0.2, 0.25) is 0 Å². The average molecular weight is 279 g/mol. The molecule has 0 aromatic heterocycles. The number of carbonyl (C=O) groups excluding carboxylic acids is 2. The molecule has 4 atom stereocenters. The fraction of sp³-hybridized carbons (Fsp3) is 0.750. The van der Waals surface area contributed by atoms with Crippen LogP contribution in [0.1, 0.15) is 40.5 Å². The second-order valence-corrected chi connectivity index (χ2v) is 6.66. The lowest BCUT2D eigenvalue weighted by Gasteiger charge is -2.32. The van der Waals surface area contributed by atoms with E-state index < -0.39 is 11.5 Å². The van der Waals surface area contributed by atoms with Gasteiger partial charge in [-0.05, 0) is 44.4 Å². The van der Waals surface area contributed by atoms with Crippen molar-refractivity contribution in [2.75, 3.05) is 6.61 Å². The van der Waals surface area contributed by atoms with E-state index in [-0.39, 0.29) is 24.3 Å². The molecule has 2 bridgehead atoms. The molecule has 0 aliphatic heterocycles. The van der Waals surface area contributed by atoms with Crippen LogP contribution in [-0.2, 0) is 9.53 Å². The van der Waals surface area contributed by atoms with E-state index >= 15 is 0 Å². The molecule has 1 fully saturated rings. The maximum Gasteiger partial charge on any atom is 0.407 e. The van der Waals surface area contributed by atoms with Crippen molar-refractivity contribution in [1.29, 1.82) is 0 Å². The molecule has 112 valence electrons. The standard InChI is InChI=1S/C16H25NO3/c1-10(2)11(3)17-15(19)20-9-16(12(4)18)8-13-5-6-14(16)7-13/h5-6,10-11,13-14H,7-9H2,1-4H3,(H,17,19)/t11?,13-,14+,16+/m1/s1. The molecule has 1 N–H and O–H groups in total. The molecule has 2 aliphatic rings. The van der Waals surface area contributed by atoms with Crippen molar-refractivity contribution in [2.45, 2.75) is 46.6 Å². The van der Waals surface area contributed by atoms with Gasteiger partial charge in [-0.15, -0.1) is 0 Å². The number of alkyl carbamates (subject to hydrolysis) is 1. The van der Waals surface area contributed by atoms with Gasteiger partial charge >= 0.3 is 6.09 Å². The summed E-state index contributed by atoms with van der Waals surface area (Å²) in [7, 11) is 0. The Balaban J connectivity index is 1.93. The van der Waals surface area contributed by atoms with Gasteiger partial charge in [0, 0.05) is 6.04 Å². The molecule has 1 amide bonds. The lowest BCUT2D eigenvalue weighted by Crippen LogP contribution is -2.42. The fourth-order valence-electron chi connectivity index (χ4n) is 3.22. The monoisotopic (exact) mass is 279 g/mol. The van der Waals surface area contributed by atoms with E-state index in [2.05, 4.69) is 17.5 Å². The molecule has 0 radical (unpaired) electrons. The van der Waals surface area contributed by atoms with Gasteiger partial charge in [-0.25, -0.2) is 4.79 Å². The van der Waals surface area contributed by atoms with Crippen LogP contribution in [0, 0.1) is 23.2 Å². The molecule has 20 heavy (non-hydrogen) atoms. The number of hydrogen-bond donors (Lipinski definition) is 1. The molecule has 0 spiro atoms. The van der Waals surface area contributed by atoms with Gasteiger partial charge in [0.25, 0.3) is 0 Å². The van der Waals surface area contributed by atoms with E-state index in [0.717, 1.165) is 12.8 Å². The predicted octanol–water partition coefficient (Wildman–Crippen LogP) is 2.93. The van der Waals surface area contributed by atoms with Gasteiger partial charge in [-0.3, -0.25) is 4.79 Å². The van der Waals surface area contributed by atoms with Crippen molar-refractivity contribution in [2.24, 2.45) is 23.2 Å². The third-order valence-corrected chi connectivity index (χ3v) is 5.02. The number of rotatable bonds is 5. The summed E-state index contributed by atoms with van der Waals surface area (Å²) in [5, 5.41) is 2.81. The Morgan fingerprint density at radius 3 is 2.50 bits per heavy atom. The summed E-state index contributed by atoms with van der Waals surface area (Å²) >= 11 is 0. The number of nitrogens with one attached hydrogen (secondary N) is 1. The number of Topliss-reactive ketones (excluding diaryl/α,β-unsaturated/α-hetero) is 1. The highest BCUT2D eigenvalue weighted by Crippen LogP contribution is 2.52. The Morgan fingerprint density at radius 1 is 1.35 bits per heavy atom. The zero-order valence-corrected chi connectivity index (χ0v) is 12.8. The molecule has 0 aromatic carbocycles. The lowest BCUT2D eigenvalue weighted by molar-refractivity contribution is -0.130. The summed E-state index contributed by atoms with van der Waals surface area (Å²) in [6.07, 6.45) is 5.72. The largest absolute Gasteiger partial charge is 0.448 e. The second-order valence-electron chi connectivity index (χ2n) is 6.66. The number of fused-ring (bicyclic) bond motifs is 2. The van der Waals surface area contributed by atoms with Crippen LogP contribution in [0.3, 0.4) is 0 Å². The van der Waals surface area contributed by atoms with Crippen LogP contribution in [-0.4, -0.2) is 24.5 Å². The van der Waals surface area contributed by atoms with Gasteiger partial charge in [0.15, 0.2) is 0 Å². The van der Waals surface area contributed by atoms with Crippen molar-refractivity contribution < 1.29 is 14.3 Å². The summed E-state index contributed by atoms with van der Waals surface area (Å²) < 4.78 is 5.36. The summed E-state index contributed by atoms with van der Waals surface area (Å²) in [6.45, 7) is 7.86. The molecule has 2 aliphatic carbocycles. The lowest BCUT2D eigenvalue weighted by atomic mass is 9.73. The third kappa shape index (κ3) is 2.74. The van der Waals surface area contributed by atoms with Crippen molar-refractivity contribution in [3.8, 4) is 0 Å². The zero-order chi connectivity index (χ0) is 14.9. The van der Waals surface area contributed by atoms with Gasteiger partial charge in [0.2, 0.25) is 0 Å². The average Bonchev–Trinajstić information content (AvgIpc) is 2.96. The SMILES string of the molecule is CC(=O)[C@@]1(COC(=O)NC(C)C(C)C)C[C@@H]2C=C[C@H]1C2. The first kappa shape index (κ1) is 15.1. The predicted molar refractivity (Wildman–Crippen MR) is 77.3 cm³/mol. The highest BCUT2D eigenvalue weighted by atomic mass is 16.5. The minimum atomic E-state index is -0.488. The van der Waals surface area contributed by atoms with Crippen LogP contribution >= 0.6 is 0 Å². The quantitative estimate of drug-likeness (QED) is 0.787. The van der Waals surface area contributed by atoms with E-state index in [4.69, 9.17) is 4.74 Å². The van der Waals surface area contributed by atoms with Crippen LogP contribution in [0.15, 0.2) is 12.2 Å². The van der Waals surface area contributed by atoms with Gasteiger partial charge in [0.05, 0.1) is 5.41 Å². The van der Waals surface area contributed by atoms with Crippen LogP contribution < -0.4 is 5.32 Å². The van der Waals surface area contributed by atoms with Crippen molar-refractivity contribution in [3.05, 3.63) is 12.2 Å². The topological polar surface area (TPSA) is 55.4 Å². The van der Waals surface area contributed by atoms with Gasteiger partial charge in [-0.2, -0.15) is 0 Å². The van der Waals surface area contributed by atoms with Gasteiger partial charge in [0.1, 0.15) is 12.4 Å². The van der Waals surface area contributed by atoms with E-state index in [1.807, 2.05) is 20.8 Å². The Morgan fingerprint density at radius 2 is 2.05 bits per heavy atom. The number of ether oxygens (including phenoxy) is 1. The van der Waals surface area contributed by atoms with Crippen molar-refractivity contribution in [3.63, 3.8) is 0 Å². The molecule has 1 unspecified atom stereocenters. The molecular weight excluding hydrogens is 254 g/mol. The molecule has 0 aromatic rings. The Hall–Kier alpha value is -1.32. The Kier molecular flexibility index (Phi) is 4.21. The molecule has 0 saturated heterocycles. The summed E-state index contributed by atoms with van der Waals surface area (Å²) in [5.41, 5.74) is -0.488. The zero-order valence-electron chi connectivity index (χ0n) is 12.8. The number of carbonyl (C=O) groups is 2. The molecule has 4 nitrogen and oxygen atoms in total. The highest BCUT2D eigenvalue weighted by Gasteiger charge is 2.52. The maximum absolute atomic E-state index is 12.1. The first-order valence-corrected chi connectivity index (χ1v) is 7.48. The number of allylic oxidation sites excluding steroid dienone is 2. The Bertz CT molecular complexity index is 429.